The summed E-state index contributed by atoms with van der Waals surface area (Å²) in [5.41, 5.74) is 0. The van der Waals surface area contributed by atoms with E-state index in [0.717, 1.165) is 7.93 Å². The van der Waals surface area contributed by atoms with Gasteiger partial charge in [0.15, 0.2) is 0 Å². The molecule has 0 rings (SSSR count). The van der Waals surface area contributed by atoms with Crippen LogP contribution in [0.15, 0.2) is 25.3 Å². The summed E-state index contributed by atoms with van der Waals surface area (Å²) in [4.78, 5) is 0. The van der Waals surface area contributed by atoms with E-state index in [4.69, 9.17) is 0 Å². The Morgan fingerprint density at radius 1 is 1.11 bits per heavy atom. The van der Waals surface area contributed by atoms with Crippen molar-refractivity contribution in [3.05, 3.63) is 25.3 Å². The van der Waals surface area contributed by atoms with Crippen molar-refractivity contribution in [1.82, 2.24) is 0 Å². The molecule has 52 valence electrons. The second-order valence-corrected chi connectivity index (χ2v) is 7.04. The minimum atomic E-state index is 0.0975. The van der Waals surface area contributed by atoms with Gasteiger partial charge in [-0.2, -0.15) is 0 Å². The van der Waals surface area contributed by atoms with Crippen molar-refractivity contribution in [2.24, 2.45) is 0 Å². The normalized spacial score (nSPS) is 16.2. The summed E-state index contributed by atoms with van der Waals surface area (Å²) < 4.78 is 1.51. The SMILES string of the molecule is C=CC(C)[Te]C(C)C=C. The van der Waals surface area contributed by atoms with E-state index in [0.29, 0.717) is 0 Å². The third-order valence-electron chi connectivity index (χ3n) is 1.09. The fraction of sp³-hybridized carbons (Fsp3) is 0.500. The Labute approximate surface area is 68.1 Å². The summed E-state index contributed by atoms with van der Waals surface area (Å²) in [6, 6.07) is 0. The van der Waals surface area contributed by atoms with Gasteiger partial charge in [0.1, 0.15) is 0 Å². The molecule has 0 aromatic rings. The van der Waals surface area contributed by atoms with Crippen molar-refractivity contribution in [1.29, 1.82) is 0 Å². The maximum atomic E-state index is 3.75. The van der Waals surface area contributed by atoms with Crippen LogP contribution in [0.2, 0.25) is 7.93 Å². The molecule has 9 heavy (non-hydrogen) atoms. The molecule has 0 aliphatic heterocycles. The van der Waals surface area contributed by atoms with Crippen LogP contribution in [0.25, 0.3) is 0 Å². The van der Waals surface area contributed by atoms with Gasteiger partial charge in [-0.25, -0.2) is 0 Å². The quantitative estimate of drug-likeness (QED) is 0.521. The Morgan fingerprint density at radius 2 is 1.44 bits per heavy atom. The van der Waals surface area contributed by atoms with Crippen molar-refractivity contribution in [3.8, 4) is 0 Å². The summed E-state index contributed by atoms with van der Waals surface area (Å²) in [6.45, 7) is 12.0. The second-order valence-electron chi connectivity index (χ2n) is 2.02. The molecule has 2 unspecified atom stereocenters. The molecule has 0 aromatic carbocycles. The zero-order chi connectivity index (χ0) is 7.28. The van der Waals surface area contributed by atoms with Gasteiger partial charge in [0, 0.05) is 0 Å². The summed E-state index contributed by atoms with van der Waals surface area (Å²) >= 11 is 0.0975. The molecule has 0 radical (unpaired) electrons. The van der Waals surface area contributed by atoms with Gasteiger partial charge < -0.3 is 0 Å². The number of hydrogen-bond acceptors (Lipinski definition) is 0. The molecule has 0 aromatic heterocycles. The molecule has 0 saturated heterocycles. The fourth-order valence-electron chi connectivity index (χ4n) is 0.450. The van der Waals surface area contributed by atoms with Gasteiger partial charge in [-0.1, -0.05) is 0 Å². The number of allylic oxidation sites excluding steroid dienone is 2. The van der Waals surface area contributed by atoms with Crippen molar-refractivity contribution in [3.63, 3.8) is 0 Å². The molecule has 0 N–H and O–H groups in total. The molecule has 0 heterocycles. The molecule has 0 spiro atoms. The third kappa shape index (κ3) is 4.75. The Balaban J connectivity index is 3.45. The molecule has 0 aliphatic carbocycles. The van der Waals surface area contributed by atoms with Crippen LogP contribution >= 0.6 is 0 Å². The van der Waals surface area contributed by atoms with Gasteiger partial charge >= 0.3 is 68.0 Å². The van der Waals surface area contributed by atoms with Crippen LogP contribution in [0.4, 0.5) is 0 Å². The van der Waals surface area contributed by atoms with E-state index < -0.39 is 0 Å². The first-order valence-corrected chi connectivity index (χ1v) is 5.80. The van der Waals surface area contributed by atoms with Crippen molar-refractivity contribution >= 4 is 20.9 Å². The fourth-order valence-corrected chi connectivity index (χ4v) is 3.02. The van der Waals surface area contributed by atoms with E-state index in [2.05, 4.69) is 27.0 Å². The topological polar surface area (TPSA) is 0 Å². The molecule has 0 bridgehead atoms. The van der Waals surface area contributed by atoms with Gasteiger partial charge in [0.05, 0.1) is 0 Å². The zero-order valence-electron chi connectivity index (χ0n) is 6.13. The van der Waals surface area contributed by atoms with E-state index in [1.807, 2.05) is 12.2 Å². The Hall–Kier alpha value is 0.270. The predicted molar refractivity (Wildman–Crippen MR) is 45.0 cm³/mol. The number of hydrogen-bond donors (Lipinski definition) is 0. The Morgan fingerprint density at radius 3 is 1.67 bits per heavy atom. The van der Waals surface area contributed by atoms with Crippen LogP contribution in [-0.2, 0) is 0 Å². The van der Waals surface area contributed by atoms with E-state index in [1.54, 1.807) is 0 Å². The van der Waals surface area contributed by atoms with Gasteiger partial charge in [0.25, 0.3) is 0 Å². The first kappa shape index (κ1) is 9.27. The van der Waals surface area contributed by atoms with E-state index in [1.165, 1.54) is 0 Å². The molecular formula is C8H14Te. The molecule has 0 amide bonds. The summed E-state index contributed by atoms with van der Waals surface area (Å²) in [5, 5.41) is 0. The van der Waals surface area contributed by atoms with Crippen LogP contribution in [0, 0.1) is 0 Å². The van der Waals surface area contributed by atoms with Crippen LogP contribution < -0.4 is 0 Å². The Kier molecular flexibility index (Phi) is 5.24. The number of rotatable bonds is 4. The monoisotopic (exact) mass is 240 g/mol. The van der Waals surface area contributed by atoms with Gasteiger partial charge in [0.2, 0.25) is 0 Å². The molecule has 1 heteroatoms. The predicted octanol–water partition coefficient (Wildman–Crippen LogP) is 2.68. The molecule has 0 fully saturated rings. The molecular weight excluding hydrogens is 224 g/mol. The molecule has 0 nitrogen and oxygen atoms in total. The zero-order valence-corrected chi connectivity index (χ0v) is 8.46. The maximum absolute atomic E-state index is 3.75. The molecule has 0 saturated carbocycles. The minimum absolute atomic E-state index is 0.0975. The molecule has 2 atom stereocenters. The van der Waals surface area contributed by atoms with Crippen LogP contribution in [0.5, 0.6) is 0 Å². The summed E-state index contributed by atoms with van der Waals surface area (Å²) in [7, 11) is 0. The van der Waals surface area contributed by atoms with E-state index in [-0.39, 0.29) is 20.9 Å². The van der Waals surface area contributed by atoms with Gasteiger partial charge in [-0.3, -0.25) is 0 Å². The molecule has 0 aliphatic rings. The van der Waals surface area contributed by atoms with Crippen LogP contribution in [-0.4, -0.2) is 20.9 Å². The van der Waals surface area contributed by atoms with Crippen LogP contribution in [0.1, 0.15) is 13.8 Å². The summed E-state index contributed by atoms with van der Waals surface area (Å²) in [5.74, 6) is 0. The summed E-state index contributed by atoms with van der Waals surface area (Å²) in [6.07, 6.45) is 4.09. The van der Waals surface area contributed by atoms with Gasteiger partial charge in [-0.15, -0.1) is 0 Å². The Bertz CT molecular complexity index is 84.7. The van der Waals surface area contributed by atoms with Gasteiger partial charge in [-0.05, 0) is 0 Å². The van der Waals surface area contributed by atoms with E-state index in [9.17, 15) is 0 Å². The second kappa shape index (κ2) is 5.09. The van der Waals surface area contributed by atoms with Crippen molar-refractivity contribution in [2.45, 2.75) is 21.8 Å². The first-order valence-electron chi connectivity index (χ1n) is 3.11. The standard InChI is InChI=1S/C8H14Te/c1-5-7(3)9-8(4)6-2/h5-8H,1-2H2,3-4H3. The van der Waals surface area contributed by atoms with E-state index >= 15 is 0 Å². The average molecular weight is 238 g/mol. The first-order chi connectivity index (χ1) is 4.20. The van der Waals surface area contributed by atoms with Crippen LogP contribution in [0.3, 0.4) is 0 Å². The third-order valence-corrected chi connectivity index (χ3v) is 4.64. The van der Waals surface area contributed by atoms with Crippen molar-refractivity contribution in [2.75, 3.05) is 0 Å². The van der Waals surface area contributed by atoms with Crippen molar-refractivity contribution < 1.29 is 0 Å². The average Bonchev–Trinajstić information content (AvgIpc) is 1.87.